The van der Waals surface area contributed by atoms with Crippen LogP contribution < -0.4 is 5.32 Å². The van der Waals surface area contributed by atoms with Crippen molar-refractivity contribution in [1.82, 2.24) is 15.1 Å². The standard InChI is InChI=1S/C19H16FN3O3/c20-15-7-5-13(6-8-15)11-17(19(25)26)22-18(24)14-3-1-4-16(12-14)23-10-2-9-21-23/h1-10,12,17H,11H2,(H,22,24)(H,25,26)/t17-/m1/s1. The Morgan fingerprint density at radius 2 is 1.92 bits per heavy atom. The molecule has 0 aliphatic carbocycles. The number of aromatic nitrogens is 2. The van der Waals surface area contributed by atoms with Gasteiger partial charge in [0.05, 0.1) is 5.69 Å². The number of nitrogens with one attached hydrogen (secondary N) is 1. The first-order valence-corrected chi connectivity index (χ1v) is 7.91. The molecule has 3 rings (SSSR count). The Morgan fingerprint density at radius 1 is 1.15 bits per heavy atom. The Kier molecular flexibility index (Phi) is 5.07. The molecule has 2 N–H and O–H groups in total. The van der Waals surface area contributed by atoms with Gasteiger partial charge in [-0.1, -0.05) is 18.2 Å². The molecule has 132 valence electrons. The molecule has 3 aromatic rings. The van der Waals surface area contributed by atoms with E-state index >= 15 is 0 Å². The predicted octanol–water partition coefficient (Wildman–Crippen LogP) is 2.44. The zero-order valence-electron chi connectivity index (χ0n) is 13.7. The molecule has 1 heterocycles. The zero-order valence-corrected chi connectivity index (χ0v) is 13.7. The van der Waals surface area contributed by atoms with Crippen LogP contribution >= 0.6 is 0 Å². The van der Waals surface area contributed by atoms with Gasteiger partial charge in [-0.15, -0.1) is 0 Å². The molecule has 0 fully saturated rings. The van der Waals surface area contributed by atoms with Gasteiger partial charge in [0.25, 0.3) is 5.91 Å². The normalized spacial score (nSPS) is 11.7. The van der Waals surface area contributed by atoms with Crippen LogP contribution in [0.3, 0.4) is 0 Å². The minimum atomic E-state index is -1.16. The molecule has 1 atom stereocenters. The third-order valence-electron chi connectivity index (χ3n) is 3.83. The van der Waals surface area contributed by atoms with Gasteiger partial charge >= 0.3 is 5.97 Å². The molecule has 0 aliphatic rings. The second-order valence-corrected chi connectivity index (χ2v) is 5.70. The van der Waals surface area contributed by atoms with Crippen LogP contribution in [0, 0.1) is 5.82 Å². The summed E-state index contributed by atoms with van der Waals surface area (Å²) in [7, 11) is 0. The van der Waals surface area contributed by atoms with Crippen molar-refractivity contribution in [3.8, 4) is 5.69 Å². The highest BCUT2D eigenvalue weighted by atomic mass is 19.1. The van der Waals surface area contributed by atoms with E-state index in [2.05, 4.69) is 10.4 Å². The molecule has 0 bridgehead atoms. The van der Waals surface area contributed by atoms with Crippen LogP contribution in [-0.4, -0.2) is 32.8 Å². The highest BCUT2D eigenvalue weighted by molar-refractivity contribution is 5.97. The van der Waals surface area contributed by atoms with E-state index in [4.69, 9.17) is 0 Å². The van der Waals surface area contributed by atoms with Crippen molar-refractivity contribution in [3.63, 3.8) is 0 Å². The number of carbonyl (C=O) groups is 2. The van der Waals surface area contributed by atoms with Gasteiger partial charge in [0.1, 0.15) is 11.9 Å². The SMILES string of the molecule is O=C(N[C@H](Cc1ccc(F)cc1)C(=O)O)c1cccc(-n2cccn2)c1. The minimum Gasteiger partial charge on any atom is -0.480 e. The topological polar surface area (TPSA) is 84.2 Å². The van der Waals surface area contributed by atoms with Crippen molar-refractivity contribution in [2.75, 3.05) is 0 Å². The van der Waals surface area contributed by atoms with Gasteiger partial charge in [-0.25, -0.2) is 13.9 Å². The molecule has 7 heteroatoms. The summed E-state index contributed by atoms with van der Waals surface area (Å²) in [5.41, 5.74) is 1.63. The Balaban J connectivity index is 1.75. The van der Waals surface area contributed by atoms with Crippen molar-refractivity contribution < 1.29 is 19.1 Å². The number of hydrogen-bond acceptors (Lipinski definition) is 3. The Morgan fingerprint density at radius 3 is 2.58 bits per heavy atom. The summed E-state index contributed by atoms with van der Waals surface area (Å²) in [5, 5.41) is 16.0. The third kappa shape index (κ3) is 4.13. The van der Waals surface area contributed by atoms with Crippen LogP contribution in [0.4, 0.5) is 4.39 Å². The lowest BCUT2D eigenvalue weighted by Gasteiger charge is -2.15. The molecular formula is C19H16FN3O3. The summed E-state index contributed by atoms with van der Waals surface area (Å²) in [6.45, 7) is 0. The molecular weight excluding hydrogens is 337 g/mol. The Bertz CT molecular complexity index is 908. The van der Waals surface area contributed by atoms with Crippen molar-refractivity contribution in [3.05, 3.63) is 83.9 Å². The summed E-state index contributed by atoms with van der Waals surface area (Å²) in [4.78, 5) is 23.9. The molecule has 2 aromatic carbocycles. The number of hydrogen-bond donors (Lipinski definition) is 2. The van der Waals surface area contributed by atoms with E-state index in [-0.39, 0.29) is 6.42 Å². The first kappa shape index (κ1) is 17.3. The first-order chi connectivity index (χ1) is 12.5. The monoisotopic (exact) mass is 353 g/mol. The summed E-state index contributed by atoms with van der Waals surface area (Å²) in [6.07, 6.45) is 3.42. The summed E-state index contributed by atoms with van der Waals surface area (Å²) >= 11 is 0. The Labute approximate surface area is 148 Å². The minimum absolute atomic E-state index is 0.0558. The molecule has 0 aliphatic heterocycles. The van der Waals surface area contributed by atoms with E-state index in [1.165, 1.54) is 24.3 Å². The van der Waals surface area contributed by atoms with E-state index in [1.54, 1.807) is 47.4 Å². The molecule has 6 nitrogen and oxygen atoms in total. The fourth-order valence-electron chi connectivity index (χ4n) is 2.51. The number of aliphatic carboxylic acids is 1. The summed E-state index contributed by atoms with van der Waals surface area (Å²) < 4.78 is 14.6. The van der Waals surface area contributed by atoms with E-state index in [0.717, 1.165) is 0 Å². The number of benzene rings is 2. The average molecular weight is 353 g/mol. The van der Waals surface area contributed by atoms with Gasteiger partial charge in [-0.2, -0.15) is 5.10 Å². The summed E-state index contributed by atoms with van der Waals surface area (Å²) in [5.74, 6) is -2.07. The van der Waals surface area contributed by atoms with Crippen molar-refractivity contribution in [1.29, 1.82) is 0 Å². The number of carboxylic acids is 1. The number of carbonyl (C=O) groups excluding carboxylic acids is 1. The van der Waals surface area contributed by atoms with Crippen LogP contribution in [0.1, 0.15) is 15.9 Å². The van der Waals surface area contributed by atoms with Gasteiger partial charge < -0.3 is 10.4 Å². The second-order valence-electron chi connectivity index (χ2n) is 5.70. The second kappa shape index (κ2) is 7.60. The van der Waals surface area contributed by atoms with Gasteiger partial charge in [0.15, 0.2) is 0 Å². The number of nitrogens with zero attached hydrogens (tertiary/aromatic N) is 2. The number of carboxylic acid groups (broad SMARTS) is 1. The highest BCUT2D eigenvalue weighted by Gasteiger charge is 2.21. The molecule has 1 amide bonds. The number of rotatable bonds is 6. The molecule has 0 radical (unpaired) electrons. The van der Waals surface area contributed by atoms with Crippen LogP contribution in [-0.2, 0) is 11.2 Å². The molecule has 0 saturated heterocycles. The number of amides is 1. The van der Waals surface area contributed by atoms with E-state index < -0.39 is 23.7 Å². The molecule has 26 heavy (non-hydrogen) atoms. The van der Waals surface area contributed by atoms with Crippen LogP contribution in [0.2, 0.25) is 0 Å². The maximum atomic E-state index is 13.0. The molecule has 1 aromatic heterocycles. The number of halogens is 1. The molecule has 0 saturated carbocycles. The van der Waals surface area contributed by atoms with E-state index in [9.17, 15) is 19.1 Å². The molecule has 0 unspecified atom stereocenters. The van der Waals surface area contributed by atoms with Gasteiger partial charge in [-0.3, -0.25) is 4.79 Å². The van der Waals surface area contributed by atoms with Crippen molar-refractivity contribution >= 4 is 11.9 Å². The van der Waals surface area contributed by atoms with Crippen LogP contribution in [0.15, 0.2) is 67.0 Å². The van der Waals surface area contributed by atoms with E-state index in [0.29, 0.717) is 16.8 Å². The largest absolute Gasteiger partial charge is 0.480 e. The maximum absolute atomic E-state index is 13.0. The lowest BCUT2D eigenvalue weighted by molar-refractivity contribution is -0.139. The van der Waals surface area contributed by atoms with Crippen LogP contribution in [0.5, 0.6) is 0 Å². The fourth-order valence-corrected chi connectivity index (χ4v) is 2.51. The van der Waals surface area contributed by atoms with Crippen molar-refractivity contribution in [2.45, 2.75) is 12.5 Å². The Hall–Kier alpha value is -3.48. The lowest BCUT2D eigenvalue weighted by atomic mass is 10.1. The average Bonchev–Trinajstić information content (AvgIpc) is 3.17. The van der Waals surface area contributed by atoms with Gasteiger partial charge in [-0.05, 0) is 42.0 Å². The van der Waals surface area contributed by atoms with Gasteiger partial charge in [0.2, 0.25) is 0 Å². The third-order valence-corrected chi connectivity index (χ3v) is 3.83. The predicted molar refractivity (Wildman–Crippen MR) is 92.6 cm³/mol. The van der Waals surface area contributed by atoms with Crippen LogP contribution in [0.25, 0.3) is 5.69 Å². The first-order valence-electron chi connectivity index (χ1n) is 7.91. The maximum Gasteiger partial charge on any atom is 0.326 e. The fraction of sp³-hybridized carbons (Fsp3) is 0.105. The smallest absolute Gasteiger partial charge is 0.326 e. The van der Waals surface area contributed by atoms with Gasteiger partial charge in [0, 0.05) is 24.4 Å². The quantitative estimate of drug-likeness (QED) is 0.713. The summed E-state index contributed by atoms with van der Waals surface area (Å²) in [6, 6.07) is 12.8. The molecule has 0 spiro atoms. The zero-order chi connectivity index (χ0) is 18.5. The van der Waals surface area contributed by atoms with E-state index in [1.807, 2.05) is 0 Å². The van der Waals surface area contributed by atoms with Crippen molar-refractivity contribution in [2.24, 2.45) is 0 Å². The highest BCUT2D eigenvalue weighted by Crippen LogP contribution is 2.11. The lowest BCUT2D eigenvalue weighted by Crippen LogP contribution is -2.42.